The van der Waals surface area contributed by atoms with Gasteiger partial charge in [-0.15, -0.1) is 0 Å². The van der Waals surface area contributed by atoms with Crippen molar-refractivity contribution >= 4 is 11.7 Å². The first-order valence-electron chi connectivity index (χ1n) is 9.95. The summed E-state index contributed by atoms with van der Waals surface area (Å²) in [7, 11) is 0. The molecule has 4 rings (SSSR count). The fourth-order valence-electron chi connectivity index (χ4n) is 3.83. The summed E-state index contributed by atoms with van der Waals surface area (Å²) in [6, 6.07) is 14.1. The second-order valence-electron chi connectivity index (χ2n) is 7.28. The van der Waals surface area contributed by atoms with E-state index in [1.165, 1.54) is 12.1 Å². The predicted octanol–water partition coefficient (Wildman–Crippen LogP) is 4.97. The molecular weight excluding hydrogens is 369 g/mol. The van der Waals surface area contributed by atoms with E-state index in [2.05, 4.69) is 17.3 Å². The summed E-state index contributed by atoms with van der Waals surface area (Å²) >= 11 is 0. The minimum absolute atomic E-state index is 0.0941. The molecule has 2 aromatic carbocycles. The van der Waals surface area contributed by atoms with Gasteiger partial charge in [-0.05, 0) is 37.6 Å². The minimum atomic E-state index is -0.349. The molecule has 6 heteroatoms. The van der Waals surface area contributed by atoms with Crippen molar-refractivity contribution in [3.05, 3.63) is 71.2 Å². The van der Waals surface area contributed by atoms with E-state index >= 15 is 0 Å². The molecule has 2 heterocycles. The SMILES string of the molecule is CCCCOc1ccccc1[C@H]1CC(=O)Nc2c1c(C)nn2-c1cccc(F)c1. The summed E-state index contributed by atoms with van der Waals surface area (Å²) in [5.74, 6) is 0.780. The number of aromatic nitrogens is 2. The molecule has 0 saturated heterocycles. The van der Waals surface area contributed by atoms with E-state index in [0.29, 0.717) is 24.5 Å². The number of benzene rings is 2. The van der Waals surface area contributed by atoms with Gasteiger partial charge in [-0.2, -0.15) is 5.10 Å². The number of ether oxygens (including phenoxy) is 1. The third-order valence-corrected chi connectivity index (χ3v) is 5.21. The molecule has 150 valence electrons. The summed E-state index contributed by atoms with van der Waals surface area (Å²) in [6.07, 6.45) is 2.34. The number of hydrogen-bond donors (Lipinski definition) is 1. The number of carbonyl (C=O) groups excluding carboxylic acids is 1. The van der Waals surface area contributed by atoms with Crippen LogP contribution in [-0.4, -0.2) is 22.3 Å². The van der Waals surface area contributed by atoms with Crippen molar-refractivity contribution in [1.29, 1.82) is 0 Å². The Labute approximate surface area is 169 Å². The first kappa shape index (κ1) is 19.2. The van der Waals surface area contributed by atoms with Crippen LogP contribution in [0.3, 0.4) is 0 Å². The number of halogens is 1. The van der Waals surface area contributed by atoms with E-state index in [4.69, 9.17) is 4.74 Å². The maximum Gasteiger partial charge on any atom is 0.226 e. The van der Waals surface area contributed by atoms with E-state index in [0.717, 1.165) is 35.4 Å². The number of nitrogens with one attached hydrogen (secondary N) is 1. The van der Waals surface area contributed by atoms with E-state index in [1.807, 2.05) is 31.2 Å². The smallest absolute Gasteiger partial charge is 0.226 e. The van der Waals surface area contributed by atoms with Crippen LogP contribution in [-0.2, 0) is 4.79 Å². The van der Waals surface area contributed by atoms with Crippen molar-refractivity contribution in [2.45, 2.75) is 39.0 Å². The molecule has 0 bridgehead atoms. The maximum absolute atomic E-state index is 13.8. The summed E-state index contributed by atoms with van der Waals surface area (Å²) < 4.78 is 21.4. The van der Waals surface area contributed by atoms with Gasteiger partial charge in [0.05, 0.1) is 18.0 Å². The van der Waals surface area contributed by atoms with Gasteiger partial charge in [0.2, 0.25) is 5.91 Å². The summed E-state index contributed by atoms with van der Waals surface area (Å²) in [5, 5.41) is 7.55. The standard InChI is InChI=1S/C23H24FN3O2/c1-3-4-12-29-20-11-6-5-10-18(20)19-14-21(28)25-23-22(19)15(2)26-27(23)17-9-7-8-16(24)13-17/h5-11,13,19H,3-4,12,14H2,1-2H3,(H,25,28)/t19-/m1/s1. The van der Waals surface area contributed by atoms with E-state index in [1.54, 1.807) is 16.8 Å². The number of aryl methyl sites for hydroxylation is 1. The lowest BCUT2D eigenvalue weighted by molar-refractivity contribution is -0.116. The molecule has 1 atom stereocenters. The molecule has 1 aromatic heterocycles. The third kappa shape index (κ3) is 3.75. The number of rotatable bonds is 6. The van der Waals surface area contributed by atoms with Gasteiger partial charge in [-0.25, -0.2) is 9.07 Å². The van der Waals surface area contributed by atoms with Crippen molar-refractivity contribution < 1.29 is 13.9 Å². The molecule has 0 saturated carbocycles. The molecule has 1 aliphatic rings. The quantitative estimate of drug-likeness (QED) is 0.602. The van der Waals surface area contributed by atoms with Crippen LogP contribution in [0.2, 0.25) is 0 Å². The number of para-hydroxylation sites is 1. The Morgan fingerprint density at radius 3 is 2.86 bits per heavy atom. The first-order valence-corrected chi connectivity index (χ1v) is 9.95. The molecule has 1 N–H and O–H groups in total. The average molecular weight is 393 g/mol. The number of anilines is 1. The topological polar surface area (TPSA) is 56.1 Å². The van der Waals surface area contributed by atoms with Crippen molar-refractivity contribution in [3.8, 4) is 11.4 Å². The zero-order valence-corrected chi connectivity index (χ0v) is 16.6. The Bertz CT molecular complexity index is 1040. The third-order valence-electron chi connectivity index (χ3n) is 5.21. The van der Waals surface area contributed by atoms with Gasteiger partial charge in [0.15, 0.2) is 0 Å². The number of amides is 1. The van der Waals surface area contributed by atoms with E-state index in [9.17, 15) is 9.18 Å². The van der Waals surface area contributed by atoms with Gasteiger partial charge in [0.1, 0.15) is 17.4 Å². The average Bonchev–Trinajstić information content (AvgIpc) is 3.04. The minimum Gasteiger partial charge on any atom is -0.493 e. The lowest BCUT2D eigenvalue weighted by Gasteiger charge is -2.26. The molecule has 0 aliphatic carbocycles. The fraction of sp³-hybridized carbons (Fsp3) is 0.304. The van der Waals surface area contributed by atoms with Gasteiger partial charge in [-0.3, -0.25) is 4.79 Å². The van der Waals surface area contributed by atoms with E-state index < -0.39 is 0 Å². The number of fused-ring (bicyclic) bond motifs is 1. The van der Waals surface area contributed by atoms with Crippen LogP contribution >= 0.6 is 0 Å². The summed E-state index contributed by atoms with van der Waals surface area (Å²) in [5.41, 5.74) is 3.29. The van der Waals surface area contributed by atoms with Gasteiger partial charge >= 0.3 is 0 Å². The molecule has 5 nitrogen and oxygen atoms in total. The Hall–Kier alpha value is -3.15. The van der Waals surface area contributed by atoms with E-state index in [-0.39, 0.29) is 17.6 Å². The Balaban J connectivity index is 1.79. The Morgan fingerprint density at radius 2 is 2.07 bits per heavy atom. The molecule has 0 radical (unpaired) electrons. The highest BCUT2D eigenvalue weighted by molar-refractivity contribution is 5.95. The van der Waals surface area contributed by atoms with Crippen LogP contribution in [0.15, 0.2) is 48.5 Å². The van der Waals surface area contributed by atoms with Crippen LogP contribution in [0.4, 0.5) is 10.2 Å². The zero-order valence-electron chi connectivity index (χ0n) is 16.6. The van der Waals surface area contributed by atoms with Crippen molar-refractivity contribution in [2.24, 2.45) is 0 Å². The van der Waals surface area contributed by atoms with Gasteiger partial charge in [0.25, 0.3) is 0 Å². The lowest BCUT2D eigenvalue weighted by atomic mass is 9.85. The highest BCUT2D eigenvalue weighted by Crippen LogP contribution is 2.43. The number of unbranched alkanes of at least 4 members (excludes halogenated alkanes) is 1. The van der Waals surface area contributed by atoms with Crippen LogP contribution in [0.5, 0.6) is 5.75 Å². The fourth-order valence-corrected chi connectivity index (χ4v) is 3.83. The number of hydrogen-bond acceptors (Lipinski definition) is 3. The normalized spacial score (nSPS) is 15.7. The van der Waals surface area contributed by atoms with Crippen molar-refractivity contribution in [3.63, 3.8) is 0 Å². The summed E-state index contributed by atoms with van der Waals surface area (Å²) in [6.45, 7) is 4.68. The largest absolute Gasteiger partial charge is 0.493 e. The molecular formula is C23H24FN3O2. The molecule has 0 spiro atoms. The predicted molar refractivity (Wildman–Crippen MR) is 110 cm³/mol. The van der Waals surface area contributed by atoms with Crippen LogP contribution in [0.25, 0.3) is 5.69 Å². The second-order valence-corrected chi connectivity index (χ2v) is 7.28. The Kier molecular flexibility index (Phi) is 5.34. The van der Waals surface area contributed by atoms with Gasteiger partial charge in [-0.1, -0.05) is 37.6 Å². The van der Waals surface area contributed by atoms with Crippen LogP contribution in [0.1, 0.15) is 48.9 Å². The van der Waals surface area contributed by atoms with Gasteiger partial charge < -0.3 is 10.1 Å². The van der Waals surface area contributed by atoms with Crippen molar-refractivity contribution in [1.82, 2.24) is 9.78 Å². The summed E-state index contributed by atoms with van der Waals surface area (Å²) in [4.78, 5) is 12.6. The first-order chi connectivity index (χ1) is 14.1. The lowest BCUT2D eigenvalue weighted by Crippen LogP contribution is -2.25. The highest BCUT2D eigenvalue weighted by atomic mass is 19.1. The number of carbonyl (C=O) groups is 1. The second kappa shape index (κ2) is 8.07. The van der Waals surface area contributed by atoms with Gasteiger partial charge in [0, 0.05) is 23.5 Å². The van der Waals surface area contributed by atoms with Crippen molar-refractivity contribution in [2.75, 3.05) is 11.9 Å². The maximum atomic E-state index is 13.8. The van der Waals surface area contributed by atoms with Crippen LogP contribution < -0.4 is 10.1 Å². The Morgan fingerprint density at radius 1 is 1.24 bits per heavy atom. The molecule has 29 heavy (non-hydrogen) atoms. The highest BCUT2D eigenvalue weighted by Gasteiger charge is 2.34. The molecule has 1 amide bonds. The molecule has 0 fully saturated rings. The molecule has 1 aliphatic heterocycles. The molecule has 0 unspecified atom stereocenters. The monoisotopic (exact) mass is 393 g/mol. The zero-order chi connectivity index (χ0) is 20.4. The molecule has 3 aromatic rings. The van der Waals surface area contributed by atoms with Crippen LogP contribution in [0, 0.1) is 12.7 Å². The number of nitrogens with zero attached hydrogens (tertiary/aromatic N) is 2.